The van der Waals surface area contributed by atoms with E-state index in [0.717, 1.165) is 6.54 Å². The molecule has 1 heterocycles. The summed E-state index contributed by atoms with van der Waals surface area (Å²) in [5.41, 5.74) is 0. The van der Waals surface area contributed by atoms with Gasteiger partial charge in [0.1, 0.15) is 0 Å². The molecule has 1 unspecified atom stereocenters. The summed E-state index contributed by atoms with van der Waals surface area (Å²) in [5, 5.41) is 3.73. The van der Waals surface area contributed by atoms with E-state index in [2.05, 4.69) is 48.1 Å². The molecule has 0 aliphatic carbocycles. The second-order valence-electron chi connectivity index (χ2n) is 5.99. The summed E-state index contributed by atoms with van der Waals surface area (Å²) in [6.45, 7) is 7.84. The molecule has 0 amide bonds. The van der Waals surface area contributed by atoms with Crippen molar-refractivity contribution in [3.8, 4) is 0 Å². The fourth-order valence-corrected chi connectivity index (χ4v) is 4.73. The number of halogens is 1. The molecule has 21 heavy (non-hydrogen) atoms. The highest BCUT2D eigenvalue weighted by Gasteiger charge is 2.16. The van der Waals surface area contributed by atoms with Gasteiger partial charge in [-0.05, 0) is 48.3 Å². The molecule has 0 saturated heterocycles. The van der Waals surface area contributed by atoms with Gasteiger partial charge in [-0.15, -0.1) is 11.3 Å². The van der Waals surface area contributed by atoms with E-state index in [9.17, 15) is 0 Å². The topological polar surface area (TPSA) is 12.0 Å². The Morgan fingerprint density at radius 2 is 1.71 bits per heavy atom. The van der Waals surface area contributed by atoms with Gasteiger partial charge in [-0.25, -0.2) is 0 Å². The van der Waals surface area contributed by atoms with E-state index in [4.69, 9.17) is 0 Å². The maximum Gasteiger partial charge on any atom is 0.0426 e. The SMILES string of the molecule is CCCCCCCCCC(NCCC)c1sc(C)cc1Br. The first kappa shape index (κ1) is 19.2. The van der Waals surface area contributed by atoms with E-state index >= 15 is 0 Å². The minimum atomic E-state index is 0.536. The number of nitrogens with one attached hydrogen (secondary N) is 1. The summed E-state index contributed by atoms with van der Waals surface area (Å²) in [7, 11) is 0. The lowest BCUT2D eigenvalue weighted by atomic mass is 10.0. The van der Waals surface area contributed by atoms with Crippen LogP contribution in [0.5, 0.6) is 0 Å². The van der Waals surface area contributed by atoms with Gasteiger partial charge in [-0.2, -0.15) is 0 Å². The van der Waals surface area contributed by atoms with Gasteiger partial charge in [-0.1, -0.05) is 58.8 Å². The van der Waals surface area contributed by atoms with Crippen LogP contribution in [-0.4, -0.2) is 6.54 Å². The quantitative estimate of drug-likeness (QED) is 0.388. The fraction of sp³-hybridized carbons (Fsp3) is 0.778. The van der Waals surface area contributed by atoms with Crippen LogP contribution < -0.4 is 5.32 Å². The number of hydrogen-bond donors (Lipinski definition) is 1. The van der Waals surface area contributed by atoms with Gasteiger partial charge in [-0.3, -0.25) is 0 Å². The van der Waals surface area contributed by atoms with Gasteiger partial charge in [0.15, 0.2) is 0 Å². The summed E-state index contributed by atoms with van der Waals surface area (Å²) in [4.78, 5) is 2.90. The number of unbranched alkanes of at least 4 members (excludes halogenated alkanes) is 6. The van der Waals surface area contributed by atoms with Crippen molar-refractivity contribution in [1.29, 1.82) is 0 Å². The van der Waals surface area contributed by atoms with Gasteiger partial charge >= 0.3 is 0 Å². The Balaban J connectivity index is 2.35. The first-order chi connectivity index (χ1) is 10.2. The molecule has 1 rings (SSSR count). The summed E-state index contributed by atoms with van der Waals surface area (Å²) >= 11 is 5.67. The fourth-order valence-electron chi connectivity index (χ4n) is 2.69. The third-order valence-electron chi connectivity index (χ3n) is 3.89. The summed E-state index contributed by atoms with van der Waals surface area (Å²) < 4.78 is 1.29. The number of rotatable bonds is 12. The molecule has 0 fully saturated rings. The second kappa shape index (κ2) is 11.7. The Kier molecular flexibility index (Phi) is 10.7. The summed E-state index contributed by atoms with van der Waals surface area (Å²) in [6.07, 6.45) is 12.2. The van der Waals surface area contributed by atoms with Crippen molar-refractivity contribution < 1.29 is 0 Å². The van der Waals surface area contributed by atoms with Gasteiger partial charge in [0.05, 0.1) is 0 Å². The maximum atomic E-state index is 3.73. The lowest BCUT2D eigenvalue weighted by Crippen LogP contribution is -2.21. The Labute approximate surface area is 144 Å². The molecule has 0 aliphatic heterocycles. The lowest BCUT2D eigenvalue weighted by molar-refractivity contribution is 0.470. The standard InChI is InChI=1S/C18H32BrNS/c1-4-6-7-8-9-10-11-12-17(20-13-5-2)18-16(19)14-15(3)21-18/h14,17,20H,4-13H2,1-3H3. The molecule has 1 aromatic heterocycles. The van der Waals surface area contributed by atoms with Gasteiger partial charge in [0.25, 0.3) is 0 Å². The van der Waals surface area contributed by atoms with Crippen molar-refractivity contribution in [3.63, 3.8) is 0 Å². The van der Waals surface area contributed by atoms with Crippen LogP contribution in [0.1, 0.15) is 87.4 Å². The molecule has 0 aromatic carbocycles. The molecule has 3 heteroatoms. The van der Waals surface area contributed by atoms with Gasteiger partial charge in [0.2, 0.25) is 0 Å². The molecular formula is C18H32BrNS. The predicted molar refractivity (Wildman–Crippen MR) is 100 cm³/mol. The average molecular weight is 374 g/mol. The Morgan fingerprint density at radius 3 is 2.29 bits per heavy atom. The zero-order valence-electron chi connectivity index (χ0n) is 14.0. The molecule has 0 bridgehead atoms. The molecule has 0 saturated carbocycles. The Hall–Kier alpha value is 0.140. The minimum absolute atomic E-state index is 0.536. The predicted octanol–water partition coefficient (Wildman–Crippen LogP) is 7.00. The van der Waals surface area contributed by atoms with E-state index in [1.54, 1.807) is 0 Å². The molecule has 1 atom stereocenters. The number of hydrogen-bond acceptors (Lipinski definition) is 2. The molecule has 0 spiro atoms. The summed E-state index contributed by atoms with van der Waals surface area (Å²) in [5.74, 6) is 0. The van der Waals surface area contributed by atoms with Crippen LogP contribution in [0.4, 0.5) is 0 Å². The van der Waals surface area contributed by atoms with Crippen molar-refractivity contribution >= 4 is 27.3 Å². The van der Waals surface area contributed by atoms with Crippen molar-refractivity contribution in [2.24, 2.45) is 0 Å². The van der Waals surface area contributed by atoms with Crippen LogP contribution in [0.15, 0.2) is 10.5 Å². The van der Waals surface area contributed by atoms with E-state index in [-0.39, 0.29) is 0 Å². The zero-order chi connectivity index (χ0) is 15.5. The van der Waals surface area contributed by atoms with Crippen LogP contribution in [0.3, 0.4) is 0 Å². The van der Waals surface area contributed by atoms with Crippen molar-refractivity contribution in [2.45, 2.75) is 84.6 Å². The van der Waals surface area contributed by atoms with Gasteiger partial charge < -0.3 is 5.32 Å². The first-order valence-electron chi connectivity index (χ1n) is 8.68. The second-order valence-corrected chi connectivity index (χ2v) is 8.13. The van der Waals surface area contributed by atoms with E-state index in [1.165, 1.54) is 72.0 Å². The zero-order valence-corrected chi connectivity index (χ0v) is 16.4. The van der Waals surface area contributed by atoms with E-state index in [1.807, 2.05) is 11.3 Å². The third-order valence-corrected chi connectivity index (χ3v) is 5.97. The molecule has 1 N–H and O–H groups in total. The smallest absolute Gasteiger partial charge is 0.0426 e. The summed E-state index contributed by atoms with van der Waals surface area (Å²) in [6, 6.07) is 2.79. The molecule has 1 aromatic rings. The highest BCUT2D eigenvalue weighted by Crippen LogP contribution is 2.34. The van der Waals surface area contributed by atoms with Crippen LogP contribution in [0.2, 0.25) is 0 Å². The van der Waals surface area contributed by atoms with Crippen LogP contribution >= 0.6 is 27.3 Å². The molecule has 0 aliphatic rings. The van der Waals surface area contributed by atoms with E-state index < -0.39 is 0 Å². The molecule has 1 nitrogen and oxygen atoms in total. The largest absolute Gasteiger partial charge is 0.309 e. The molecule has 122 valence electrons. The number of thiophene rings is 1. The average Bonchev–Trinajstić information content (AvgIpc) is 2.80. The highest BCUT2D eigenvalue weighted by molar-refractivity contribution is 9.10. The third kappa shape index (κ3) is 7.80. The van der Waals surface area contributed by atoms with E-state index in [0.29, 0.717) is 6.04 Å². The number of aryl methyl sites for hydroxylation is 1. The Bertz CT molecular complexity index is 375. The van der Waals surface area contributed by atoms with Crippen LogP contribution in [0, 0.1) is 6.92 Å². The van der Waals surface area contributed by atoms with Crippen molar-refractivity contribution in [2.75, 3.05) is 6.54 Å². The molecule has 0 radical (unpaired) electrons. The van der Waals surface area contributed by atoms with Crippen LogP contribution in [0.25, 0.3) is 0 Å². The highest BCUT2D eigenvalue weighted by atomic mass is 79.9. The van der Waals surface area contributed by atoms with Crippen molar-refractivity contribution in [1.82, 2.24) is 5.32 Å². The van der Waals surface area contributed by atoms with Crippen molar-refractivity contribution in [3.05, 3.63) is 20.3 Å². The minimum Gasteiger partial charge on any atom is -0.309 e. The monoisotopic (exact) mass is 373 g/mol. The maximum absolute atomic E-state index is 3.73. The lowest BCUT2D eigenvalue weighted by Gasteiger charge is -2.18. The van der Waals surface area contributed by atoms with Gasteiger partial charge in [0, 0.05) is 20.3 Å². The van der Waals surface area contributed by atoms with Crippen LogP contribution in [-0.2, 0) is 0 Å². The molecular weight excluding hydrogens is 342 g/mol. The normalized spacial score (nSPS) is 12.8. The first-order valence-corrected chi connectivity index (χ1v) is 10.3. The Morgan fingerprint density at radius 1 is 1.05 bits per heavy atom.